The molecule has 0 amide bonds. The summed E-state index contributed by atoms with van der Waals surface area (Å²) in [4.78, 5) is 38.7. The van der Waals surface area contributed by atoms with Crippen molar-refractivity contribution in [1.82, 2.24) is 9.13 Å². The molecule has 1 aromatic heterocycles. The molecule has 0 aliphatic rings. The molecule has 28 heavy (non-hydrogen) atoms. The predicted molar refractivity (Wildman–Crippen MR) is 115 cm³/mol. The number of carbonyl (C=O) groups excluding carboxylic acids is 1. The Hall–Kier alpha value is -2.58. The highest BCUT2D eigenvalue weighted by atomic mass is 79.9. The summed E-state index contributed by atoms with van der Waals surface area (Å²) in [7, 11) is 1.35. The van der Waals surface area contributed by atoms with Crippen molar-refractivity contribution in [3.63, 3.8) is 0 Å². The van der Waals surface area contributed by atoms with Gasteiger partial charge in [0.2, 0.25) is 0 Å². The summed E-state index contributed by atoms with van der Waals surface area (Å²) >= 11 is 4.67. The molecular formula is C20H18BrN3O3S. The van der Waals surface area contributed by atoms with Gasteiger partial charge in [0.1, 0.15) is 11.4 Å². The zero-order chi connectivity index (χ0) is 20.3. The van der Waals surface area contributed by atoms with Gasteiger partial charge in [0, 0.05) is 16.4 Å². The Bertz CT molecular complexity index is 1120. The summed E-state index contributed by atoms with van der Waals surface area (Å²) in [5, 5.41) is 0. The molecular weight excluding hydrogens is 442 g/mol. The lowest BCUT2D eigenvalue weighted by atomic mass is 10.2. The smallest absolute Gasteiger partial charge is 0.332 e. The van der Waals surface area contributed by atoms with Crippen LogP contribution in [0.15, 0.2) is 73.6 Å². The second-order valence-corrected chi connectivity index (χ2v) is 8.11. The molecule has 0 bridgehead atoms. The van der Waals surface area contributed by atoms with Gasteiger partial charge in [-0.05, 0) is 29.8 Å². The zero-order valence-corrected chi connectivity index (χ0v) is 17.5. The van der Waals surface area contributed by atoms with Gasteiger partial charge in [-0.1, -0.05) is 46.3 Å². The van der Waals surface area contributed by atoms with Crippen LogP contribution in [0.5, 0.6) is 0 Å². The third-order valence-corrected chi connectivity index (χ3v) is 5.77. The number of Topliss-reactive ketones (excluding diaryl/α,β-unsaturated/α-hetero) is 1. The fourth-order valence-corrected chi connectivity index (χ4v) is 3.75. The van der Waals surface area contributed by atoms with E-state index in [1.807, 2.05) is 54.6 Å². The van der Waals surface area contributed by atoms with Gasteiger partial charge in [0.05, 0.1) is 12.3 Å². The number of benzene rings is 2. The van der Waals surface area contributed by atoms with Crippen LogP contribution < -0.4 is 17.0 Å². The van der Waals surface area contributed by atoms with Crippen LogP contribution in [0.1, 0.15) is 15.9 Å². The molecule has 0 aliphatic carbocycles. The minimum atomic E-state index is -0.673. The highest BCUT2D eigenvalue weighted by Gasteiger charge is 2.21. The molecule has 3 aromatic rings. The number of aromatic nitrogens is 2. The normalized spacial score (nSPS) is 10.8. The monoisotopic (exact) mass is 459 g/mol. The summed E-state index contributed by atoms with van der Waals surface area (Å²) in [6, 6.07) is 16.8. The maximum absolute atomic E-state index is 12.8. The number of carbonyl (C=O) groups is 1. The minimum Gasteiger partial charge on any atom is -0.384 e. The average molecular weight is 460 g/mol. The molecule has 0 radical (unpaired) electrons. The first-order chi connectivity index (χ1) is 13.4. The van der Waals surface area contributed by atoms with Gasteiger partial charge in [-0.3, -0.25) is 18.7 Å². The van der Waals surface area contributed by atoms with Crippen molar-refractivity contribution in [2.24, 2.45) is 7.05 Å². The molecule has 3 rings (SSSR count). The van der Waals surface area contributed by atoms with E-state index in [0.717, 1.165) is 19.5 Å². The van der Waals surface area contributed by atoms with Crippen LogP contribution >= 0.6 is 27.7 Å². The van der Waals surface area contributed by atoms with Crippen molar-refractivity contribution in [1.29, 1.82) is 0 Å². The lowest BCUT2D eigenvalue weighted by molar-refractivity contribution is 0.102. The van der Waals surface area contributed by atoms with E-state index < -0.39 is 17.0 Å². The third-order valence-electron chi connectivity index (χ3n) is 4.23. The second kappa shape index (κ2) is 8.62. The molecule has 0 saturated carbocycles. The van der Waals surface area contributed by atoms with Crippen LogP contribution in [0.3, 0.4) is 0 Å². The van der Waals surface area contributed by atoms with Crippen LogP contribution in [0.2, 0.25) is 0 Å². The van der Waals surface area contributed by atoms with E-state index in [0.29, 0.717) is 0 Å². The Labute approximate surface area is 174 Å². The van der Waals surface area contributed by atoms with Gasteiger partial charge in [0.15, 0.2) is 5.78 Å². The molecule has 0 fully saturated rings. The number of hydrogen-bond acceptors (Lipinski definition) is 5. The van der Waals surface area contributed by atoms with E-state index in [1.54, 1.807) is 0 Å². The number of ketones is 1. The molecule has 8 heteroatoms. The molecule has 0 saturated heterocycles. The Morgan fingerprint density at radius 3 is 2.36 bits per heavy atom. The quantitative estimate of drug-likeness (QED) is 0.452. The Kier molecular flexibility index (Phi) is 6.21. The van der Waals surface area contributed by atoms with E-state index in [2.05, 4.69) is 15.9 Å². The van der Waals surface area contributed by atoms with Crippen molar-refractivity contribution in [2.75, 3.05) is 11.5 Å². The average Bonchev–Trinajstić information content (AvgIpc) is 2.70. The molecule has 2 aromatic carbocycles. The van der Waals surface area contributed by atoms with Gasteiger partial charge in [-0.25, -0.2) is 4.79 Å². The van der Waals surface area contributed by atoms with Gasteiger partial charge < -0.3 is 5.73 Å². The summed E-state index contributed by atoms with van der Waals surface area (Å²) in [6.45, 7) is 0.180. The van der Waals surface area contributed by atoms with Crippen molar-refractivity contribution < 1.29 is 4.79 Å². The molecule has 2 N–H and O–H groups in total. The number of rotatable bonds is 6. The fourth-order valence-electron chi connectivity index (χ4n) is 2.72. The maximum Gasteiger partial charge on any atom is 0.332 e. The van der Waals surface area contributed by atoms with Crippen molar-refractivity contribution >= 4 is 39.3 Å². The van der Waals surface area contributed by atoms with Gasteiger partial charge in [-0.2, -0.15) is 0 Å². The number of nitrogen functional groups attached to an aromatic ring is 1. The molecule has 6 nitrogen and oxygen atoms in total. The Morgan fingerprint density at radius 2 is 1.71 bits per heavy atom. The molecule has 1 heterocycles. The lowest BCUT2D eigenvalue weighted by Gasteiger charge is -2.14. The molecule has 0 spiro atoms. The van der Waals surface area contributed by atoms with Crippen LogP contribution in [-0.2, 0) is 13.6 Å². The molecule has 0 unspecified atom stereocenters. The molecule has 0 aliphatic heterocycles. The molecule has 0 atom stereocenters. The van der Waals surface area contributed by atoms with Gasteiger partial charge in [0.25, 0.3) is 5.56 Å². The van der Waals surface area contributed by atoms with Crippen LogP contribution in [0.25, 0.3) is 0 Å². The summed E-state index contributed by atoms with van der Waals surface area (Å²) in [5.74, 6) is -0.462. The highest BCUT2D eigenvalue weighted by Crippen LogP contribution is 2.22. The second-order valence-electron chi connectivity index (χ2n) is 6.14. The largest absolute Gasteiger partial charge is 0.384 e. The topological polar surface area (TPSA) is 87.1 Å². The van der Waals surface area contributed by atoms with Crippen LogP contribution in [0.4, 0.5) is 5.82 Å². The van der Waals surface area contributed by atoms with Gasteiger partial charge in [-0.15, -0.1) is 11.8 Å². The first-order valence-electron chi connectivity index (χ1n) is 8.43. The summed E-state index contributed by atoms with van der Waals surface area (Å²) in [5.41, 5.74) is 5.57. The standard InChI is InChI=1S/C20H18BrN3O3S/c1-23-19(26)17(16(25)12-28-15-9-7-14(21)8-10-15)18(22)24(20(23)27)11-13-5-3-2-4-6-13/h2-10H,11-12,22H2,1H3. The highest BCUT2D eigenvalue weighted by molar-refractivity contribution is 9.10. The van der Waals surface area contributed by atoms with E-state index in [9.17, 15) is 14.4 Å². The van der Waals surface area contributed by atoms with E-state index in [4.69, 9.17) is 5.73 Å². The number of nitrogens with two attached hydrogens (primary N) is 1. The number of nitrogens with zero attached hydrogens (tertiary/aromatic N) is 2. The number of halogens is 1. The Morgan fingerprint density at radius 1 is 1.07 bits per heavy atom. The van der Waals surface area contributed by atoms with Crippen LogP contribution in [-0.4, -0.2) is 20.7 Å². The van der Waals surface area contributed by atoms with E-state index in [-0.39, 0.29) is 23.7 Å². The summed E-state index contributed by atoms with van der Waals surface area (Å²) < 4.78 is 3.12. The van der Waals surface area contributed by atoms with E-state index >= 15 is 0 Å². The maximum atomic E-state index is 12.8. The molecule has 144 valence electrons. The first-order valence-corrected chi connectivity index (χ1v) is 10.2. The lowest BCUT2D eigenvalue weighted by Crippen LogP contribution is -2.43. The summed E-state index contributed by atoms with van der Waals surface area (Å²) in [6.07, 6.45) is 0. The van der Waals surface area contributed by atoms with Crippen molar-refractivity contribution in [3.05, 3.63) is 91.0 Å². The Balaban J connectivity index is 1.93. The van der Waals surface area contributed by atoms with E-state index in [1.165, 1.54) is 23.4 Å². The van der Waals surface area contributed by atoms with Crippen molar-refractivity contribution in [2.45, 2.75) is 11.4 Å². The van der Waals surface area contributed by atoms with Crippen LogP contribution in [0, 0.1) is 0 Å². The number of thioether (sulfide) groups is 1. The van der Waals surface area contributed by atoms with Crippen molar-refractivity contribution in [3.8, 4) is 0 Å². The fraction of sp³-hybridized carbons (Fsp3) is 0.150. The SMILES string of the molecule is Cn1c(=O)c(C(=O)CSc2ccc(Br)cc2)c(N)n(Cc2ccccc2)c1=O. The third kappa shape index (κ3) is 4.28. The zero-order valence-electron chi connectivity index (χ0n) is 15.1. The predicted octanol–water partition coefficient (Wildman–Crippen LogP) is 2.92. The first kappa shape index (κ1) is 20.2. The minimum absolute atomic E-state index is 0.0462. The number of hydrogen-bond donors (Lipinski definition) is 1. The van der Waals surface area contributed by atoms with Gasteiger partial charge >= 0.3 is 5.69 Å². The number of anilines is 1.